The summed E-state index contributed by atoms with van der Waals surface area (Å²) in [5, 5.41) is 0. The van der Waals surface area contributed by atoms with E-state index in [-0.39, 0.29) is 41.3 Å². The largest absolute Gasteiger partial charge is 0.330 e. The number of nitrogens with zero attached hydrogens (tertiary/aromatic N) is 1. The maximum absolute atomic E-state index is 13.8. The zero-order chi connectivity index (χ0) is 26.5. The summed E-state index contributed by atoms with van der Waals surface area (Å²) in [6.07, 6.45) is 3.81. The number of carbonyl (C=O) groups is 2. The van der Waals surface area contributed by atoms with Crippen LogP contribution in [0.4, 0.5) is 17.6 Å². The van der Waals surface area contributed by atoms with Crippen LogP contribution in [0.5, 0.6) is 0 Å². The highest BCUT2D eigenvalue weighted by Gasteiger charge is 2.30. The van der Waals surface area contributed by atoms with E-state index >= 15 is 0 Å². The van der Waals surface area contributed by atoms with Crippen molar-refractivity contribution in [3.05, 3.63) is 112 Å². The fourth-order valence-corrected chi connectivity index (χ4v) is 4.65. The third-order valence-corrected chi connectivity index (χ3v) is 6.95. The number of piperidine rings is 1. The number of ketones is 1. The van der Waals surface area contributed by atoms with Gasteiger partial charge in [0.15, 0.2) is 29.1 Å². The molecule has 0 aliphatic carbocycles. The second kappa shape index (κ2) is 11.6. The molecule has 0 unspecified atom stereocenters. The molecule has 0 atom stereocenters. The maximum Gasteiger partial charge on any atom is 0.254 e. The maximum atomic E-state index is 13.8. The quantitative estimate of drug-likeness (QED) is 0.199. The van der Waals surface area contributed by atoms with Crippen molar-refractivity contribution in [1.29, 1.82) is 0 Å². The Morgan fingerprint density at radius 1 is 0.811 bits per heavy atom. The first-order valence-electron chi connectivity index (χ1n) is 11.6. The number of rotatable bonds is 6. The van der Waals surface area contributed by atoms with Crippen molar-refractivity contribution in [2.45, 2.75) is 18.2 Å². The first-order valence-corrected chi connectivity index (χ1v) is 12.6. The van der Waals surface area contributed by atoms with E-state index in [4.69, 9.17) is 0 Å². The van der Waals surface area contributed by atoms with Gasteiger partial charge in [0.1, 0.15) is 0 Å². The SMILES string of the molecule is CCCSc1ccc(C(=O)N2C/C(=C\c3ccc(F)c(F)c3)C(=O)/C(=C/c3ccc(F)c(F)c3)C2)cc1. The van der Waals surface area contributed by atoms with Gasteiger partial charge in [0.25, 0.3) is 5.91 Å². The van der Waals surface area contributed by atoms with Gasteiger partial charge in [0.05, 0.1) is 13.1 Å². The molecule has 0 bridgehead atoms. The van der Waals surface area contributed by atoms with Gasteiger partial charge < -0.3 is 4.90 Å². The average molecular weight is 526 g/mol. The highest BCUT2D eigenvalue weighted by atomic mass is 32.2. The molecule has 1 fully saturated rings. The van der Waals surface area contributed by atoms with Gasteiger partial charge in [0.2, 0.25) is 0 Å². The fourth-order valence-electron chi connectivity index (χ4n) is 3.89. The average Bonchev–Trinajstić information content (AvgIpc) is 2.89. The molecule has 1 heterocycles. The Balaban J connectivity index is 1.69. The van der Waals surface area contributed by atoms with E-state index in [1.807, 2.05) is 12.1 Å². The molecular formula is C29H23F4NO2S. The molecule has 3 aromatic rings. The van der Waals surface area contributed by atoms with Gasteiger partial charge in [-0.15, -0.1) is 11.8 Å². The molecule has 0 spiro atoms. The molecule has 3 aromatic carbocycles. The smallest absolute Gasteiger partial charge is 0.254 e. The second-order valence-corrected chi connectivity index (χ2v) is 9.72. The third-order valence-electron chi connectivity index (χ3n) is 5.74. The van der Waals surface area contributed by atoms with Gasteiger partial charge in [-0.2, -0.15) is 0 Å². The van der Waals surface area contributed by atoms with Crippen molar-refractivity contribution in [3.63, 3.8) is 0 Å². The Labute approximate surface area is 216 Å². The minimum Gasteiger partial charge on any atom is -0.330 e. The van der Waals surface area contributed by atoms with Gasteiger partial charge in [-0.1, -0.05) is 19.1 Å². The number of hydrogen-bond donors (Lipinski definition) is 0. The molecule has 0 aromatic heterocycles. The molecule has 0 saturated carbocycles. The van der Waals surface area contributed by atoms with Gasteiger partial charge >= 0.3 is 0 Å². The van der Waals surface area contributed by atoms with Crippen molar-refractivity contribution in [2.24, 2.45) is 0 Å². The zero-order valence-corrected chi connectivity index (χ0v) is 20.8. The van der Waals surface area contributed by atoms with Crippen molar-refractivity contribution in [2.75, 3.05) is 18.8 Å². The lowest BCUT2D eigenvalue weighted by molar-refractivity contribution is -0.113. The topological polar surface area (TPSA) is 37.4 Å². The number of amides is 1. The Hall–Kier alpha value is -3.65. The minimum atomic E-state index is -1.07. The summed E-state index contributed by atoms with van der Waals surface area (Å²) in [4.78, 5) is 29.1. The Morgan fingerprint density at radius 3 is 1.78 bits per heavy atom. The number of likely N-dealkylation sites (tertiary alicyclic amines) is 1. The normalized spacial score (nSPS) is 16.0. The standard InChI is InChI=1S/C29H23F4NO2S/c1-2-11-37-23-7-5-20(6-8-23)29(36)34-16-21(12-18-3-9-24(30)26(32)14-18)28(35)22(17-34)13-19-4-10-25(31)27(33)15-19/h3-10,12-15H,2,11,16-17H2,1H3/b21-12+,22-13+. The summed E-state index contributed by atoms with van der Waals surface area (Å²) in [5.41, 5.74) is 1.28. The Bertz CT molecular complexity index is 1330. The molecule has 190 valence electrons. The predicted octanol–water partition coefficient (Wildman–Crippen LogP) is 6.94. The van der Waals surface area contributed by atoms with E-state index < -0.39 is 29.1 Å². The number of halogens is 4. The van der Waals surface area contributed by atoms with Crippen LogP contribution in [0.3, 0.4) is 0 Å². The second-order valence-electron chi connectivity index (χ2n) is 8.55. The highest BCUT2D eigenvalue weighted by Crippen LogP contribution is 2.26. The molecule has 1 aliphatic rings. The zero-order valence-electron chi connectivity index (χ0n) is 19.9. The number of carbonyl (C=O) groups excluding carboxylic acids is 2. The van der Waals surface area contributed by atoms with Crippen molar-refractivity contribution in [3.8, 4) is 0 Å². The van der Waals surface area contributed by atoms with Crippen LogP contribution >= 0.6 is 11.8 Å². The van der Waals surface area contributed by atoms with Crippen LogP contribution in [-0.4, -0.2) is 35.4 Å². The summed E-state index contributed by atoms with van der Waals surface area (Å²) in [6.45, 7) is 1.97. The molecule has 37 heavy (non-hydrogen) atoms. The van der Waals surface area contributed by atoms with E-state index in [1.165, 1.54) is 29.2 Å². The molecule has 1 aliphatic heterocycles. The molecule has 1 amide bonds. The lowest BCUT2D eigenvalue weighted by Gasteiger charge is -2.30. The molecule has 1 saturated heterocycles. The van der Waals surface area contributed by atoms with Gasteiger partial charge in [-0.05, 0) is 84.0 Å². The first kappa shape index (κ1) is 26.4. The lowest BCUT2D eigenvalue weighted by atomic mass is 9.93. The molecular weight excluding hydrogens is 502 g/mol. The third kappa shape index (κ3) is 6.38. The molecule has 0 N–H and O–H groups in total. The monoisotopic (exact) mass is 525 g/mol. The van der Waals surface area contributed by atoms with Crippen LogP contribution in [0.2, 0.25) is 0 Å². The fraction of sp³-hybridized carbons (Fsp3) is 0.172. The highest BCUT2D eigenvalue weighted by molar-refractivity contribution is 7.99. The summed E-state index contributed by atoms with van der Waals surface area (Å²) >= 11 is 1.68. The van der Waals surface area contributed by atoms with Crippen LogP contribution < -0.4 is 0 Å². The van der Waals surface area contributed by atoms with Crippen LogP contribution in [0.25, 0.3) is 12.2 Å². The number of hydrogen-bond acceptors (Lipinski definition) is 3. The van der Waals surface area contributed by atoms with E-state index in [1.54, 1.807) is 23.9 Å². The van der Waals surface area contributed by atoms with Gasteiger partial charge in [0, 0.05) is 21.6 Å². The number of Topliss-reactive ketones (excluding diaryl/α,β-unsaturated/α-hetero) is 1. The molecule has 4 rings (SSSR count). The van der Waals surface area contributed by atoms with Crippen molar-refractivity contribution in [1.82, 2.24) is 4.90 Å². The van der Waals surface area contributed by atoms with Crippen LogP contribution in [-0.2, 0) is 4.79 Å². The van der Waals surface area contributed by atoms with Crippen LogP contribution in [0, 0.1) is 23.3 Å². The Morgan fingerprint density at radius 2 is 1.32 bits per heavy atom. The van der Waals surface area contributed by atoms with E-state index in [0.29, 0.717) is 5.56 Å². The lowest BCUT2D eigenvalue weighted by Crippen LogP contribution is -2.41. The van der Waals surface area contributed by atoms with Gasteiger partial charge in [-0.3, -0.25) is 9.59 Å². The van der Waals surface area contributed by atoms with Crippen molar-refractivity contribution >= 4 is 35.6 Å². The van der Waals surface area contributed by atoms with Crippen LogP contribution in [0.15, 0.2) is 76.7 Å². The molecule has 3 nitrogen and oxygen atoms in total. The number of benzene rings is 3. The van der Waals surface area contributed by atoms with E-state index in [2.05, 4.69) is 6.92 Å². The van der Waals surface area contributed by atoms with Crippen molar-refractivity contribution < 1.29 is 27.2 Å². The predicted molar refractivity (Wildman–Crippen MR) is 137 cm³/mol. The summed E-state index contributed by atoms with van der Waals surface area (Å²) in [7, 11) is 0. The van der Waals surface area contributed by atoms with Gasteiger partial charge in [-0.25, -0.2) is 17.6 Å². The van der Waals surface area contributed by atoms with E-state index in [0.717, 1.165) is 41.3 Å². The van der Waals surface area contributed by atoms with E-state index in [9.17, 15) is 27.2 Å². The summed E-state index contributed by atoms with van der Waals surface area (Å²) in [5.74, 6) is -3.97. The van der Waals surface area contributed by atoms with Crippen LogP contribution in [0.1, 0.15) is 34.8 Å². The minimum absolute atomic E-state index is 0.0574. The summed E-state index contributed by atoms with van der Waals surface area (Å²) < 4.78 is 54.3. The summed E-state index contributed by atoms with van der Waals surface area (Å²) in [6, 6.07) is 13.6. The Kier molecular flexibility index (Phi) is 8.28. The molecule has 0 radical (unpaired) electrons. The number of thioether (sulfide) groups is 1. The molecule has 8 heteroatoms. The first-order chi connectivity index (χ1) is 17.7.